The molecule has 1 aromatic rings. The predicted molar refractivity (Wildman–Crippen MR) is 155 cm³/mol. The summed E-state index contributed by atoms with van der Waals surface area (Å²) in [5.74, 6) is 3.43. The summed E-state index contributed by atoms with van der Waals surface area (Å²) in [6, 6.07) is 2.14. The Morgan fingerprint density at radius 1 is 1.13 bits per heavy atom. The zero-order valence-electron chi connectivity index (χ0n) is 24.6. The molecule has 6 rings (SSSR count). The summed E-state index contributed by atoms with van der Waals surface area (Å²) in [7, 11) is 0. The van der Waals surface area contributed by atoms with E-state index in [0.717, 1.165) is 45.1 Å². The number of carbonyl (C=O) groups excluding carboxylic acids is 1. The van der Waals surface area contributed by atoms with E-state index < -0.39 is 0 Å². The second-order valence-corrected chi connectivity index (χ2v) is 15.5. The van der Waals surface area contributed by atoms with Gasteiger partial charge < -0.3 is 19.8 Å². The molecule has 1 aliphatic heterocycles. The minimum Gasteiger partial charge on any atom is -0.449 e. The van der Waals surface area contributed by atoms with Crippen LogP contribution in [0, 0.1) is 52.3 Å². The van der Waals surface area contributed by atoms with Crippen LogP contribution in [0.25, 0.3) is 0 Å². The Bertz CT molecular complexity index is 1040. The highest BCUT2D eigenvalue weighted by Gasteiger charge is 2.64. The largest absolute Gasteiger partial charge is 0.449 e. The number of carbonyl (C=O) groups is 1. The molecule has 0 bridgehead atoms. The van der Waals surface area contributed by atoms with E-state index in [1.165, 1.54) is 36.1 Å². The molecule has 4 aliphatic carbocycles. The molecule has 2 heterocycles. The summed E-state index contributed by atoms with van der Waals surface area (Å²) in [6.07, 6.45) is 10.1. The van der Waals surface area contributed by atoms with Crippen molar-refractivity contribution < 1.29 is 19.7 Å². The maximum absolute atomic E-state index is 12.8. The van der Waals surface area contributed by atoms with E-state index in [0.29, 0.717) is 54.6 Å². The number of amides is 1. The number of aliphatic hydroxyl groups is 2. The highest BCUT2D eigenvalue weighted by atomic mass is 32.1. The lowest BCUT2D eigenvalue weighted by Crippen LogP contribution is -2.62. The van der Waals surface area contributed by atoms with Gasteiger partial charge in [0.2, 0.25) is 0 Å². The van der Waals surface area contributed by atoms with Crippen LogP contribution in [0.2, 0.25) is 0 Å². The van der Waals surface area contributed by atoms with Crippen molar-refractivity contribution in [2.75, 3.05) is 13.2 Å². The van der Waals surface area contributed by atoms with Crippen molar-refractivity contribution >= 4 is 17.4 Å². The standard InChI is InChI=1S/C33H51NO4S/c1-5-23-27-18-22(35)8-13-33(27,4)26-9-14-32(3)24(6-7-25(32)29(26)30(23)36)20(2)11-16-38-31(37)34-15-10-28-21(19-34)12-17-39-28/h12,17,20,22-27,29-30,35-36H,5-11,13-16,18-19H2,1-4H3/t20-,22-,23-,24-,25+,26+,27?,29?,30-,32?,33?/m1/s1. The van der Waals surface area contributed by atoms with Gasteiger partial charge in [-0.25, -0.2) is 4.79 Å². The molecule has 0 aromatic carbocycles. The van der Waals surface area contributed by atoms with Crippen LogP contribution in [0.4, 0.5) is 4.79 Å². The van der Waals surface area contributed by atoms with Gasteiger partial charge in [0.05, 0.1) is 25.4 Å². The number of thiophene rings is 1. The first kappa shape index (κ1) is 28.0. The first-order chi connectivity index (χ1) is 18.7. The number of ether oxygens (including phenoxy) is 1. The van der Waals surface area contributed by atoms with E-state index in [4.69, 9.17) is 4.74 Å². The topological polar surface area (TPSA) is 70.0 Å². The number of nitrogens with zero attached hydrogens (tertiary/aromatic N) is 1. The van der Waals surface area contributed by atoms with Gasteiger partial charge in [0.1, 0.15) is 0 Å². The van der Waals surface area contributed by atoms with Crippen LogP contribution in [0.1, 0.15) is 95.9 Å². The number of hydrogen-bond acceptors (Lipinski definition) is 5. The third-order valence-electron chi connectivity index (χ3n) is 13.0. The van der Waals surface area contributed by atoms with Crippen LogP contribution >= 0.6 is 11.3 Å². The molecular formula is C33H51NO4S. The Hall–Kier alpha value is -1.11. The quantitative estimate of drug-likeness (QED) is 0.413. The average molecular weight is 558 g/mol. The number of rotatable bonds is 5. The molecule has 0 spiro atoms. The average Bonchev–Trinajstić information content (AvgIpc) is 3.53. The third-order valence-corrected chi connectivity index (χ3v) is 14.0. The van der Waals surface area contributed by atoms with E-state index in [-0.39, 0.29) is 29.1 Å². The van der Waals surface area contributed by atoms with Crippen LogP contribution in [-0.4, -0.2) is 46.6 Å². The van der Waals surface area contributed by atoms with Crippen molar-refractivity contribution in [2.24, 2.45) is 52.3 Å². The van der Waals surface area contributed by atoms with E-state index in [1.807, 2.05) is 4.90 Å². The van der Waals surface area contributed by atoms with Crippen molar-refractivity contribution in [3.63, 3.8) is 0 Å². The first-order valence-corrected chi connectivity index (χ1v) is 16.9. The predicted octanol–water partition coefficient (Wildman–Crippen LogP) is 6.90. The maximum atomic E-state index is 12.8. The second-order valence-electron chi connectivity index (χ2n) is 14.5. The third kappa shape index (κ3) is 4.59. The molecule has 11 atom stereocenters. The Labute approximate surface area is 239 Å². The molecular weight excluding hydrogens is 506 g/mol. The lowest BCUT2D eigenvalue weighted by molar-refractivity contribution is -0.203. The Kier molecular flexibility index (Phi) is 7.63. The van der Waals surface area contributed by atoms with E-state index in [2.05, 4.69) is 39.1 Å². The fourth-order valence-electron chi connectivity index (χ4n) is 11.0. The van der Waals surface area contributed by atoms with Crippen molar-refractivity contribution in [2.45, 2.75) is 111 Å². The SMILES string of the molecule is CC[C@@H]1C2C[C@H](O)CCC2(C)[C@H]2CCC3(C)[C@@H]([C@H](C)CCOC(=O)N4CCc5sccc5C4)CC[C@H]3C2[C@@H]1O. The van der Waals surface area contributed by atoms with E-state index in [9.17, 15) is 15.0 Å². The Balaban J connectivity index is 1.10. The number of fused-ring (bicyclic) bond motifs is 6. The summed E-state index contributed by atoms with van der Waals surface area (Å²) in [5.41, 5.74) is 1.78. The molecule has 1 amide bonds. The van der Waals surface area contributed by atoms with E-state index in [1.54, 1.807) is 11.3 Å². The summed E-state index contributed by atoms with van der Waals surface area (Å²) in [4.78, 5) is 16.1. The van der Waals surface area contributed by atoms with Gasteiger partial charge in [0.25, 0.3) is 0 Å². The van der Waals surface area contributed by atoms with Crippen molar-refractivity contribution in [3.8, 4) is 0 Å². The fourth-order valence-corrected chi connectivity index (χ4v) is 11.9. The van der Waals surface area contributed by atoms with Crippen LogP contribution in [0.5, 0.6) is 0 Å². The van der Waals surface area contributed by atoms with Gasteiger partial charge in [0, 0.05) is 11.4 Å². The molecule has 39 heavy (non-hydrogen) atoms. The highest BCUT2D eigenvalue weighted by molar-refractivity contribution is 7.10. The number of aliphatic hydroxyl groups excluding tert-OH is 2. The molecule has 0 saturated heterocycles. The summed E-state index contributed by atoms with van der Waals surface area (Å²) in [5, 5.41) is 24.6. The smallest absolute Gasteiger partial charge is 0.410 e. The molecule has 1 aromatic heterocycles. The monoisotopic (exact) mass is 557 g/mol. The van der Waals surface area contributed by atoms with Crippen molar-refractivity contribution in [1.29, 1.82) is 0 Å². The highest BCUT2D eigenvalue weighted by Crippen LogP contribution is 2.69. The molecule has 4 fully saturated rings. The molecule has 2 N–H and O–H groups in total. The zero-order valence-corrected chi connectivity index (χ0v) is 25.4. The van der Waals surface area contributed by atoms with Crippen molar-refractivity contribution in [1.82, 2.24) is 4.90 Å². The lowest BCUT2D eigenvalue weighted by Gasteiger charge is -2.64. The minimum absolute atomic E-state index is 0.161. The molecule has 5 nitrogen and oxygen atoms in total. The zero-order chi connectivity index (χ0) is 27.5. The van der Waals surface area contributed by atoms with Crippen LogP contribution < -0.4 is 0 Å². The van der Waals surface area contributed by atoms with E-state index >= 15 is 0 Å². The molecule has 5 aliphatic rings. The lowest BCUT2D eigenvalue weighted by atomic mass is 9.41. The van der Waals surface area contributed by atoms with Gasteiger partial charge in [-0.1, -0.05) is 34.1 Å². The summed E-state index contributed by atoms with van der Waals surface area (Å²) >= 11 is 1.79. The summed E-state index contributed by atoms with van der Waals surface area (Å²) in [6.45, 7) is 11.6. The minimum atomic E-state index is -0.240. The van der Waals surface area contributed by atoms with Crippen molar-refractivity contribution in [3.05, 3.63) is 21.9 Å². The molecule has 4 saturated carbocycles. The van der Waals surface area contributed by atoms with Gasteiger partial charge >= 0.3 is 6.09 Å². The fraction of sp³-hybridized carbons (Fsp3) is 0.848. The molecule has 4 unspecified atom stereocenters. The van der Waals surface area contributed by atoms with Gasteiger partial charge in [0.15, 0.2) is 0 Å². The van der Waals surface area contributed by atoms with Crippen LogP contribution in [0.15, 0.2) is 11.4 Å². The summed E-state index contributed by atoms with van der Waals surface area (Å²) < 4.78 is 5.81. The normalized spacial score (nSPS) is 44.1. The Morgan fingerprint density at radius 3 is 2.69 bits per heavy atom. The van der Waals surface area contributed by atoms with Crippen LogP contribution in [0.3, 0.4) is 0 Å². The Morgan fingerprint density at radius 2 is 1.90 bits per heavy atom. The van der Waals surface area contributed by atoms with Crippen LogP contribution in [-0.2, 0) is 17.7 Å². The van der Waals surface area contributed by atoms with Gasteiger partial charge in [-0.05, 0) is 127 Å². The van der Waals surface area contributed by atoms with Gasteiger partial charge in [-0.2, -0.15) is 0 Å². The van der Waals surface area contributed by atoms with Gasteiger partial charge in [-0.3, -0.25) is 0 Å². The van der Waals surface area contributed by atoms with Gasteiger partial charge in [-0.15, -0.1) is 11.3 Å². The molecule has 6 heteroatoms. The number of hydrogen-bond donors (Lipinski definition) is 2. The molecule has 0 radical (unpaired) electrons. The first-order valence-electron chi connectivity index (χ1n) is 16.0. The maximum Gasteiger partial charge on any atom is 0.410 e. The second kappa shape index (κ2) is 10.6. The molecule has 218 valence electrons.